The van der Waals surface area contributed by atoms with Gasteiger partial charge in [0.05, 0.1) is 27.1 Å². The Morgan fingerprint density at radius 1 is 1.25 bits per heavy atom. The number of hydrogen-bond acceptors (Lipinski definition) is 5. The molecule has 1 unspecified atom stereocenters. The number of carbonyl (C=O) groups is 2. The SMILES string of the molecule is COc1ccc(CC(=O)OC(=O)[CH]C(C)Br)cc1OC. The van der Waals surface area contributed by atoms with E-state index in [9.17, 15) is 9.59 Å². The zero-order valence-corrected chi connectivity index (χ0v) is 13.1. The third kappa shape index (κ3) is 5.21. The molecule has 1 radical (unpaired) electrons. The van der Waals surface area contributed by atoms with E-state index in [-0.39, 0.29) is 11.2 Å². The minimum Gasteiger partial charge on any atom is -0.493 e. The first-order valence-corrected chi connectivity index (χ1v) is 6.82. The summed E-state index contributed by atoms with van der Waals surface area (Å²) in [6.45, 7) is 1.75. The van der Waals surface area contributed by atoms with Crippen LogP contribution >= 0.6 is 15.9 Å². The van der Waals surface area contributed by atoms with Gasteiger partial charge in [-0.3, -0.25) is 9.59 Å². The first-order chi connectivity index (χ1) is 9.46. The van der Waals surface area contributed by atoms with Gasteiger partial charge in [-0.05, 0) is 17.7 Å². The van der Waals surface area contributed by atoms with Gasteiger partial charge in [0.1, 0.15) is 0 Å². The third-order valence-corrected chi connectivity index (χ3v) is 2.64. The Kier molecular flexibility index (Phi) is 6.51. The summed E-state index contributed by atoms with van der Waals surface area (Å²) in [5.74, 6) is -0.196. The Labute approximate surface area is 126 Å². The lowest BCUT2D eigenvalue weighted by molar-refractivity contribution is -0.156. The molecule has 0 aliphatic carbocycles. The van der Waals surface area contributed by atoms with E-state index in [0.717, 1.165) is 0 Å². The maximum Gasteiger partial charge on any atom is 0.318 e. The average Bonchev–Trinajstić information content (AvgIpc) is 2.37. The van der Waals surface area contributed by atoms with E-state index in [0.29, 0.717) is 17.1 Å². The number of hydrogen-bond donors (Lipinski definition) is 0. The molecular formula is C14H16BrO5. The minimum atomic E-state index is -0.667. The van der Waals surface area contributed by atoms with E-state index in [2.05, 4.69) is 20.7 Å². The van der Waals surface area contributed by atoms with E-state index >= 15 is 0 Å². The quantitative estimate of drug-likeness (QED) is 0.450. The second-order valence-corrected chi connectivity index (χ2v) is 5.45. The molecule has 1 aromatic rings. The van der Waals surface area contributed by atoms with Gasteiger partial charge in [0.25, 0.3) is 0 Å². The normalized spacial score (nSPS) is 11.6. The lowest BCUT2D eigenvalue weighted by Gasteiger charge is -2.09. The average molecular weight is 344 g/mol. The molecule has 0 aliphatic heterocycles. The molecule has 0 saturated carbocycles. The summed E-state index contributed by atoms with van der Waals surface area (Å²) >= 11 is 3.17. The number of carbonyl (C=O) groups excluding carboxylic acids is 2. The third-order valence-electron chi connectivity index (χ3n) is 2.38. The number of benzene rings is 1. The summed E-state index contributed by atoms with van der Waals surface area (Å²) in [6, 6.07) is 5.07. The molecule has 0 aromatic heterocycles. The number of alkyl halides is 1. The van der Waals surface area contributed by atoms with Crippen LogP contribution in [-0.4, -0.2) is 31.0 Å². The van der Waals surface area contributed by atoms with Crippen LogP contribution in [0.2, 0.25) is 0 Å². The molecule has 1 rings (SSSR count). The van der Waals surface area contributed by atoms with E-state index < -0.39 is 11.9 Å². The van der Waals surface area contributed by atoms with Gasteiger partial charge in [0.2, 0.25) is 0 Å². The Hall–Kier alpha value is -1.56. The van der Waals surface area contributed by atoms with Crippen molar-refractivity contribution in [2.45, 2.75) is 18.2 Å². The molecule has 0 fully saturated rings. The van der Waals surface area contributed by atoms with Crippen molar-refractivity contribution >= 4 is 27.9 Å². The van der Waals surface area contributed by atoms with Crippen molar-refractivity contribution in [3.8, 4) is 11.5 Å². The highest BCUT2D eigenvalue weighted by molar-refractivity contribution is 9.09. The molecule has 1 atom stereocenters. The Morgan fingerprint density at radius 3 is 2.45 bits per heavy atom. The largest absolute Gasteiger partial charge is 0.493 e. The van der Waals surface area contributed by atoms with E-state index in [4.69, 9.17) is 9.47 Å². The molecule has 109 valence electrons. The van der Waals surface area contributed by atoms with Crippen LogP contribution in [0.1, 0.15) is 12.5 Å². The second-order valence-electron chi connectivity index (χ2n) is 4.00. The maximum atomic E-state index is 11.6. The molecule has 6 heteroatoms. The van der Waals surface area contributed by atoms with Crippen LogP contribution in [0, 0.1) is 6.42 Å². The number of methoxy groups -OCH3 is 2. The topological polar surface area (TPSA) is 61.8 Å². The van der Waals surface area contributed by atoms with Crippen LogP contribution in [-0.2, 0) is 20.7 Å². The molecule has 0 heterocycles. The van der Waals surface area contributed by atoms with Crippen LogP contribution in [0.3, 0.4) is 0 Å². The van der Waals surface area contributed by atoms with Crippen LogP contribution < -0.4 is 9.47 Å². The van der Waals surface area contributed by atoms with Gasteiger partial charge >= 0.3 is 11.9 Å². The van der Waals surface area contributed by atoms with Gasteiger partial charge in [-0.1, -0.05) is 28.9 Å². The highest BCUT2D eigenvalue weighted by Gasteiger charge is 2.15. The standard InChI is InChI=1S/C14H16BrO5/c1-9(15)6-13(16)20-14(17)8-10-4-5-11(18-2)12(7-10)19-3/h4-7,9H,8H2,1-3H3. The highest BCUT2D eigenvalue weighted by Crippen LogP contribution is 2.27. The summed E-state index contributed by atoms with van der Waals surface area (Å²) in [4.78, 5) is 22.8. The predicted octanol–water partition coefficient (Wildman–Crippen LogP) is 2.30. The zero-order chi connectivity index (χ0) is 15.1. The summed E-state index contributed by atoms with van der Waals surface area (Å²) in [7, 11) is 3.04. The van der Waals surface area contributed by atoms with Crippen molar-refractivity contribution in [1.82, 2.24) is 0 Å². The molecule has 0 aliphatic rings. The van der Waals surface area contributed by atoms with E-state index in [1.807, 2.05) is 0 Å². The minimum absolute atomic E-state index is 0.0173. The Bertz CT molecular complexity index is 484. The second kappa shape index (κ2) is 7.89. The van der Waals surface area contributed by atoms with Crippen LogP contribution in [0.25, 0.3) is 0 Å². The van der Waals surface area contributed by atoms with Gasteiger partial charge in [0, 0.05) is 4.83 Å². The number of ether oxygens (including phenoxy) is 3. The Morgan fingerprint density at radius 2 is 1.90 bits per heavy atom. The van der Waals surface area contributed by atoms with Crippen LogP contribution in [0.4, 0.5) is 0 Å². The monoisotopic (exact) mass is 343 g/mol. The lowest BCUT2D eigenvalue weighted by atomic mass is 10.1. The fourth-order valence-electron chi connectivity index (χ4n) is 1.53. The van der Waals surface area contributed by atoms with Crippen LogP contribution in [0.15, 0.2) is 18.2 Å². The van der Waals surface area contributed by atoms with Gasteiger partial charge < -0.3 is 14.2 Å². The van der Waals surface area contributed by atoms with Gasteiger partial charge in [0.15, 0.2) is 11.5 Å². The van der Waals surface area contributed by atoms with Crippen molar-refractivity contribution in [2.24, 2.45) is 0 Å². The van der Waals surface area contributed by atoms with E-state index in [1.165, 1.54) is 20.6 Å². The van der Waals surface area contributed by atoms with Crippen molar-refractivity contribution in [1.29, 1.82) is 0 Å². The first kappa shape index (κ1) is 16.5. The first-order valence-electron chi connectivity index (χ1n) is 5.90. The Balaban J connectivity index is 2.64. The summed E-state index contributed by atoms with van der Waals surface area (Å²) in [6.07, 6.45) is 1.25. The van der Waals surface area contributed by atoms with Gasteiger partial charge in [-0.2, -0.15) is 0 Å². The molecule has 0 bridgehead atoms. The zero-order valence-electron chi connectivity index (χ0n) is 11.5. The molecule has 1 aromatic carbocycles. The summed E-state index contributed by atoms with van der Waals surface area (Å²) < 4.78 is 14.9. The molecular weight excluding hydrogens is 328 g/mol. The summed E-state index contributed by atoms with van der Waals surface area (Å²) in [5, 5.41) is 0. The maximum absolute atomic E-state index is 11.6. The van der Waals surface area contributed by atoms with Crippen molar-refractivity contribution in [3.05, 3.63) is 30.2 Å². The number of halogens is 1. The molecule has 0 amide bonds. The molecule has 20 heavy (non-hydrogen) atoms. The van der Waals surface area contributed by atoms with Gasteiger partial charge in [-0.25, -0.2) is 0 Å². The molecule has 5 nitrogen and oxygen atoms in total. The van der Waals surface area contributed by atoms with Crippen LogP contribution in [0.5, 0.6) is 11.5 Å². The number of esters is 2. The van der Waals surface area contributed by atoms with Crippen molar-refractivity contribution in [3.63, 3.8) is 0 Å². The lowest BCUT2D eigenvalue weighted by Crippen LogP contribution is -2.17. The molecule has 0 N–H and O–H groups in total. The highest BCUT2D eigenvalue weighted by atomic mass is 79.9. The summed E-state index contributed by atoms with van der Waals surface area (Å²) in [5.41, 5.74) is 0.673. The predicted molar refractivity (Wildman–Crippen MR) is 77.0 cm³/mol. The van der Waals surface area contributed by atoms with Gasteiger partial charge in [-0.15, -0.1) is 0 Å². The fraction of sp³-hybridized carbons (Fsp3) is 0.357. The molecule has 0 saturated heterocycles. The van der Waals surface area contributed by atoms with Crippen molar-refractivity contribution < 1.29 is 23.8 Å². The number of rotatable bonds is 6. The van der Waals surface area contributed by atoms with E-state index in [1.54, 1.807) is 25.1 Å². The fourth-order valence-corrected chi connectivity index (χ4v) is 1.74. The molecule has 0 spiro atoms. The van der Waals surface area contributed by atoms with Crippen molar-refractivity contribution in [2.75, 3.05) is 14.2 Å². The smallest absolute Gasteiger partial charge is 0.318 e.